The van der Waals surface area contributed by atoms with Crippen LogP contribution in [0.15, 0.2) is 49.1 Å². The normalized spacial score (nSPS) is 12.3. The lowest BCUT2D eigenvalue weighted by Gasteiger charge is -2.26. The standard InChI is InChI=1S/C19H31NO/c1-6-7-8-9-10-11-12-13-14-15-20(18(4)5)19(21)16-17(2)3/h6,8-11,13-14,17-18H,1,7,12,15-16H2,2-5H3/b9-8-,11-10-,14-13+. The van der Waals surface area contributed by atoms with Crippen LogP contribution in [-0.4, -0.2) is 23.4 Å². The molecular formula is C19H31NO. The Morgan fingerprint density at radius 3 is 2.14 bits per heavy atom. The molecule has 0 saturated carbocycles. The molecule has 0 radical (unpaired) electrons. The molecule has 0 aliphatic heterocycles. The fourth-order valence-electron chi connectivity index (χ4n) is 1.84. The minimum absolute atomic E-state index is 0.243. The van der Waals surface area contributed by atoms with Crippen molar-refractivity contribution in [2.45, 2.75) is 53.0 Å². The van der Waals surface area contributed by atoms with Crippen LogP contribution in [-0.2, 0) is 4.79 Å². The highest BCUT2D eigenvalue weighted by molar-refractivity contribution is 5.76. The van der Waals surface area contributed by atoms with Gasteiger partial charge < -0.3 is 4.90 Å². The van der Waals surface area contributed by atoms with E-state index in [1.165, 1.54) is 0 Å². The maximum atomic E-state index is 12.1. The van der Waals surface area contributed by atoms with Crippen LogP contribution >= 0.6 is 0 Å². The van der Waals surface area contributed by atoms with E-state index in [2.05, 4.69) is 58.6 Å². The lowest BCUT2D eigenvalue weighted by molar-refractivity contribution is -0.133. The van der Waals surface area contributed by atoms with Crippen LogP contribution in [0, 0.1) is 5.92 Å². The number of carbonyl (C=O) groups excluding carboxylic acids is 1. The third-order valence-electron chi connectivity index (χ3n) is 2.95. The molecule has 2 nitrogen and oxygen atoms in total. The minimum Gasteiger partial charge on any atom is -0.337 e. The highest BCUT2D eigenvalue weighted by Gasteiger charge is 2.16. The first-order chi connectivity index (χ1) is 9.99. The van der Waals surface area contributed by atoms with Gasteiger partial charge in [0.15, 0.2) is 0 Å². The Hall–Kier alpha value is -1.57. The van der Waals surface area contributed by atoms with Crippen LogP contribution in [0.2, 0.25) is 0 Å². The van der Waals surface area contributed by atoms with Gasteiger partial charge in [-0.1, -0.05) is 56.4 Å². The number of hydrogen-bond donors (Lipinski definition) is 0. The lowest BCUT2D eigenvalue weighted by atomic mass is 10.1. The van der Waals surface area contributed by atoms with Gasteiger partial charge in [0.25, 0.3) is 0 Å². The second-order valence-electron chi connectivity index (χ2n) is 5.83. The van der Waals surface area contributed by atoms with Crippen LogP contribution in [0.25, 0.3) is 0 Å². The zero-order valence-electron chi connectivity index (χ0n) is 14.1. The third kappa shape index (κ3) is 10.8. The summed E-state index contributed by atoms with van der Waals surface area (Å²) in [6.45, 7) is 12.7. The molecule has 0 rings (SSSR count). The Labute approximate surface area is 130 Å². The molecule has 0 fully saturated rings. The Kier molecular flexibility index (Phi) is 11.3. The van der Waals surface area contributed by atoms with Crippen LogP contribution in [0.3, 0.4) is 0 Å². The first-order valence-electron chi connectivity index (χ1n) is 7.86. The summed E-state index contributed by atoms with van der Waals surface area (Å²) >= 11 is 0. The zero-order valence-corrected chi connectivity index (χ0v) is 14.1. The second-order valence-corrected chi connectivity index (χ2v) is 5.83. The predicted molar refractivity (Wildman–Crippen MR) is 93.2 cm³/mol. The topological polar surface area (TPSA) is 20.3 Å². The predicted octanol–water partition coefficient (Wildman–Crippen LogP) is 4.90. The van der Waals surface area contributed by atoms with Crippen molar-refractivity contribution in [1.82, 2.24) is 4.90 Å². The molecular weight excluding hydrogens is 258 g/mol. The average Bonchev–Trinajstić information content (AvgIpc) is 2.39. The minimum atomic E-state index is 0.243. The van der Waals surface area contributed by atoms with Crippen LogP contribution in [0.4, 0.5) is 0 Å². The van der Waals surface area contributed by atoms with Gasteiger partial charge in [-0.05, 0) is 32.6 Å². The summed E-state index contributed by atoms with van der Waals surface area (Å²) < 4.78 is 0. The number of amides is 1. The van der Waals surface area contributed by atoms with Gasteiger partial charge in [-0.3, -0.25) is 4.79 Å². The monoisotopic (exact) mass is 289 g/mol. The van der Waals surface area contributed by atoms with Crippen LogP contribution in [0.5, 0.6) is 0 Å². The summed E-state index contributed by atoms with van der Waals surface area (Å²) in [6, 6.07) is 0.248. The maximum Gasteiger partial charge on any atom is 0.223 e. The van der Waals surface area contributed by atoms with Gasteiger partial charge in [-0.2, -0.15) is 0 Å². The van der Waals surface area contributed by atoms with Gasteiger partial charge in [0.05, 0.1) is 0 Å². The van der Waals surface area contributed by atoms with Crippen molar-refractivity contribution in [3.63, 3.8) is 0 Å². The summed E-state index contributed by atoms with van der Waals surface area (Å²) in [7, 11) is 0. The van der Waals surface area contributed by atoms with Crippen molar-refractivity contribution < 1.29 is 4.79 Å². The molecule has 0 aromatic heterocycles. The van der Waals surface area contributed by atoms with Gasteiger partial charge >= 0.3 is 0 Å². The van der Waals surface area contributed by atoms with E-state index < -0.39 is 0 Å². The first-order valence-corrected chi connectivity index (χ1v) is 7.86. The number of rotatable bonds is 10. The van der Waals surface area contributed by atoms with Crippen molar-refractivity contribution in [2.24, 2.45) is 5.92 Å². The van der Waals surface area contributed by atoms with Gasteiger partial charge in [0, 0.05) is 19.0 Å². The number of carbonyl (C=O) groups is 1. The van der Waals surface area contributed by atoms with Crippen molar-refractivity contribution >= 4 is 5.91 Å². The van der Waals surface area contributed by atoms with Crippen LogP contribution < -0.4 is 0 Å². The molecule has 0 aromatic rings. The van der Waals surface area contributed by atoms with Crippen LogP contribution in [0.1, 0.15) is 47.0 Å². The molecule has 0 saturated heterocycles. The van der Waals surface area contributed by atoms with E-state index in [0.717, 1.165) is 12.8 Å². The first kappa shape index (κ1) is 19.4. The van der Waals surface area contributed by atoms with Crippen molar-refractivity contribution in [3.8, 4) is 0 Å². The summed E-state index contributed by atoms with van der Waals surface area (Å²) in [4.78, 5) is 14.1. The van der Waals surface area contributed by atoms with E-state index in [1.54, 1.807) is 0 Å². The van der Waals surface area contributed by atoms with Gasteiger partial charge in [0.1, 0.15) is 0 Å². The Morgan fingerprint density at radius 2 is 1.62 bits per heavy atom. The molecule has 0 spiro atoms. The second kappa shape index (κ2) is 12.2. The summed E-state index contributed by atoms with van der Waals surface area (Å²) in [5.41, 5.74) is 0. The molecule has 0 N–H and O–H groups in total. The van der Waals surface area contributed by atoms with E-state index >= 15 is 0 Å². The molecule has 0 atom stereocenters. The molecule has 118 valence electrons. The fourth-order valence-corrected chi connectivity index (χ4v) is 1.84. The van der Waals surface area contributed by atoms with Gasteiger partial charge in [-0.25, -0.2) is 0 Å². The maximum absolute atomic E-state index is 12.1. The summed E-state index contributed by atoms with van der Waals surface area (Å²) in [6.07, 6.45) is 16.7. The van der Waals surface area contributed by atoms with Crippen molar-refractivity contribution in [1.29, 1.82) is 0 Å². The van der Waals surface area contributed by atoms with E-state index in [9.17, 15) is 4.79 Å². The summed E-state index contributed by atoms with van der Waals surface area (Å²) in [5, 5.41) is 0. The van der Waals surface area contributed by atoms with Crippen molar-refractivity contribution in [2.75, 3.05) is 6.54 Å². The number of allylic oxidation sites excluding steroid dienone is 6. The lowest BCUT2D eigenvalue weighted by Crippen LogP contribution is -2.37. The quantitative estimate of drug-likeness (QED) is 0.413. The molecule has 0 heterocycles. The Bertz CT molecular complexity index is 375. The zero-order chi connectivity index (χ0) is 16.1. The van der Waals surface area contributed by atoms with E-state index in [4.69, 9.17) is 0 Å². The largest absolute Gasteiger partial charge is 0.337 e. The molecule has 21 heavy (non-hydrogen) atoms. The Balaban J connectivity index is 4.16. The molecule has 0 bridgehead atoms. The molecule has 0 aliphatic rings. The fraction of sp³-hybridized carbons (Fsp3) is 0.526. The van der Waals surface area contributed by atoms with E-state index in [0.29, 0.717) is 18.9 Å². The van der Waals surface area contributed by atoms with E-state index in [-0.39, 0.29) is 11.9 Å². The highest BCUT2D eigenvalue weighted by atomic mass is 16.2. The Morgan fingerprint density at radius 1 is 1.00 bits per heavy atom. The van der Waals surface area contributed by atoms with Gasteiger partial charge in [-0.15, -0.1) is 6.58 Å². The third-order valence-corrected chi connectivity index (χ3v) is 2.95. The molecule has 2 heteroatoms. The number of nitrogens with zero attached hydrogens (tertiary/aromatic N) is 1. The number of hydrogen-bond acceptors (Lipinski definition) is 1. The molecule has 1 amide bonds. The van der Waals surface area contributed by atoms with Crippen molar-refractivity contribution in [3.05, 3.63) is 49.1 Å². The van der Waals surface area contributed by atoms with Gasteiger partial charge in [0.2, 0.25) is 5.91 Å². The smallest absolute Gasteiger partial charge is 0.223 e. The molecule has 0 aromatic carbocycles. The highest BCUT2D eigenvalue weighted by Crippen LogP contribution is 2.08. The molecule has 0 aliphatic carbocycles. The summed E-state index contributed by atoms with van der Waals surface area (Å²) in [5.74, 6) is 0.653. The van der Waals surface area contributed by atoms with E-state index in [1.807, 2.05) is 23.1 Å². The SMILES string of the molecule is C=CC/C=C\C=C/C/C=C/CN(C(=O)CC(C)C)C(C)C. The molecule has 0 unspecified atom stereocenters. The average molecular weight is 289 g/mol.